The zero-order valence-corrected chi connectivity index (χ0v) is 6.68. The van der Waals surface area contributed by atoms with Crippen molar-refractivity contribution in [3.63, 3.8) is 0 Å². The van der Waals surface area contributed by atoms with Crippen molar-refractivity contribution in [2.75, 3.05) is 6.54 Å². The minimum Gasteiger partial charge on any atom is -0.298 e. The standard InChI is InChI=1S/C8H14N2O/c9-6-3-7-10-11-8-4-1-2-5-8/h8,10H,1-5,7H2. The molecule has 0 amide bonds. The zero-order valence-electron chi connectivity index (χ0n) is 6.68. The summed E-state index contributed by atoms with van der Waals surface area (Å²) >= 11 is 0. The fraction of sp³-hybridized carbons (Fsp3) is 0.875. The monoisotopic (exact) mass is 154 g/mol. The van der Waals surface area contributed by atoms with E-state index >= 15 is 0 Å². The summed E-state index contributed by atoms with van der Waals surface area (Å²) in [5.74, 6) is 0. The molecule has 1 saturated carbocycles. The molecule has 3 nitrogen and oxygen atoms in total. The van der Waals surface area contributed by atoms with E-state index in [1.807, 2.05) is 0 Å². The van der Waals surface area contributed by atoms with E-state index in [0.29, 0.717) is 19.1 Å². The third kappa shape index (κ3) is 3.35. The van der Waals surface area contributed by atoms with Crippen LogP contribution in [-0.4, -0.2) is 12.6 Å². The van der Waals surface area contributed by atoms with Crippen LogP contribution in [0.5, 0.6) is 0 Å². The lowest BCUT2D eigenvalue weighted by Gasteiger charge is -2.09. The number of rotatable bonds is 4. The van der Waals surface area contributed by atoms with Crippen LogP contribution in [0.1, 0.15) is 32.1 Å². The van der Waals surface area contributed by atoms with Gasteiger partial charge in [0.2, 0.25) is 0 Å². The van der Waals surface area contributed by atoms with Crippen LogP contribution < -0.4 is 5.48 Å². The van der Waals surface area contributed by atoms with Crippen LogP contribution in [0.4, 0.5) is 0 Å². The van der Waals surface area contributed by atoms with E-state index in [1.54, 1.807) is 0 Å². The normalized spacial score (nSPS) is 18.5. The Balaban J connectivity index is 1.90. The Labute approximate surface area is 67.3 Å². The quantitative estimate of drug-likeness (QED) is 0.491. The maximum absolute atomic E-state index is 8.21. The Morgan fingerprint density at radius 1 is 1.45 bits per heavy atom. The van der Waals surface area contributed by atoms with E-state index in [1.165, 1.54) is 25.7 Å². The van der Waals surface area contributed by atoms with Gasteiger partial charge in [0.1, 0.15) is 0 Å². The molecule has 0 aliphatic heterocycles. The topological polar surface area (TPSA) is 45.0 Å². The Hall–Kier alpha value is -0.590. The summed E-state index contributed by atoms with van der Waals surface area (Å²) in [6.45, 7) is 0.646. The summed E-state index contributed by atoms with van der Waals surface area (Å²) in [6, 6.07) is 2.05. The lowest BCUT2D eigenvalue weighted by Crippen LogP contribution is -2.22. The van der Waals surface area contributed by atoms with Crippen LogP contribution in [0.3, 0.4) is 0 Å². The molecule has 11 heavy (non-hydrogen) atoms. The van der Waals surface area contributed by atoms with Crippen molar-refractivity contribution >= 4 is 0 Å². The second-order valence-electron chi connectivity index (χ2n) is 2.83. The Kier molecular flexibility index (Phi) is 3.95. The first-order valence-electron chi connectivity index (χ1n) is 4.19. The molecule has 1 N–H and O–H groups in total. The zero-order chi connectivity index (χ0) is 7.94. The van der Waals surface area contributed by atoms with Gasteiger partial charge < -0.3 is 0 Å². The SMILES string of the molecule is N#CCCNOC1CCCC1. The minimum absolute atomic E-state index is 0.397. The molecule has 0 spiro atoms. The van der Waals surface area contributed by atoms with E-state index in [-0.39, 0.29) is 0 Å². The van der Waals surface area contributed by atoms with Gasteiger partial charge in [-0.1, -0.05) is 12.8 Å². The second kappa shape index (κ2) is 5.11. The molecule has 0 saturated heterocycles. The van der Waals surface area contributed by atoms with Gasteiger partial charge in [0.15, 0.2) is 0 Å². The average Bonchev–Trinajstić information content (AvgIpc) is 2.50. The van der Waals surface area contributed by atoms with E-state index in [4.69, 9.17) is 10.1 Å². The molecule has 1 aliphatic rings. The molecule has 0 aromatic carbocycles. The van der Waals surface area contributed by atoms with Gasteiger partial charge in [-0.3, -0.25) is 4.84 Å². The highest BCUT2D eigenvalue weighted by Gasteiger charge is 2.14. The predicted octanol–water partition coefficient (Wildman–Crippen LogP) is 1.36. The van der Waals surface area contributed by atoms with E-state index in [2.05, 4.69) is 11.5 Å². The van der Waals surface area contributed by atoms with Crippen molar-refractivity contribution in [1.29, 1.82) is 5.26 Å². The third-order valence-electron chi connectivity index (χ3n) is 1.89. The first-order chi connectivity index (χ1) is 5.43. The number of hydrogen-bond acceptors (Lipinski definition) is 3. The third-order valence-corrected chi connectivity index (χ3v) is 1.89. The predicted molar refractivity (Wildman–Crippen MR) is 41.6 cm³/mol. The van der Waals surface area contributed by atoms with Gasteiger partial charge in [-0.15, -0.1) is 0 Å². The largest absolute Gasteiger partial charge is 0.298 e. The summed E-state index contributed by atoms with van der Waals surface area (Å²) < 4.78 is 0. The molecule has 3 heteroatoms. The summed E-state index contributed by atoms with van der Waals surface area (Å²) in [5.41, 5.74) is 2.81. The molecule has 0 atom stereocenters. The molecule has 0 aromatic rings. The van der Waals surface area contributed by atoms with Gasteiger partial charge in [-0.05, 0) is 12.8 Å². The smallest absolute Gasteiger partial charge is 0.0790 e. The van der Waals surface area contributed by atoms with Gasteiger partial charge in [0, 0.05) is 13.0 Å². The minimum atomic E-state index is 0.397. The number of hydroxylamine groups is 1. The fourth-order valence-corrected chi connectivity index (χ4v) is 1.29. The van der Waals surface area contributed by atoms with Crippen molar-refractivity contribution < 1.29 is 4.84 Å². The molecule has 62 valence electrons. The van der Waals surface area contributed by atoms with Crippen LogP contribution >= 0.6 is 0 Å². The summed E-state index contributed by atoms with van der Waals surface area (Å²) in [7, 11) is 0. The van der Waals surface area contributed by atoms with Crippen molar-refractivity contribution in [3.05, 3.63) is 0 Å². The van der Waals surface area contributed by atoms with Crippen LogP contribution in [-0.2, 0) is 4.84 Å². The van der Waals surface area contributed by atoms with Gasteiger partial charge >= 0.3 is 0 Å². The van der Waals surface area contributed by atoms with Crippen molar-refractivity contribution in [2.45, 2.75) is 38.2 Å². The average molecular weight is 154 g/mol. The second-order valence-corrected chi connectivity index (χ2v) is 2.83. The number of nitrogens with zero attached hydrogens (tertiary/aromatic N) is 1. The lowest BCUT2D eigenvalue weighted by molar-refractivity contribution is -0.0193. The summed E-state index contributed by atoms with van der Waals surface area (Å²) in [4.78, 5) is 5.30. The Morgan fingerprint density at radius 3 is 2.82 bits per heavy atom. The van der Waals surface area contributed by atoms with Gasteiger partial charge in [-0.25, -0.2) is 5.48 Å². The van der Waals surface area contributed by atoms with E-state index in [0.717, 1.165) is 0 Å². The fourth-order valence-electron chi connectivity index (χ4n) is 1.29. The highest BCUT2D eigenvalue weighted by Crippen LogP contribution is 2.19. The molecule has 1 aliphatic carbocycles. The molecule has 0 heterocycles. The molecule has 0 aromatic heterocycles. The number of hydrogen-bond donors (Lipinski definition) is 1. The van der Waals surface area contributed by atoms with Gasteiger partial charge in [0.05, 0.1) is 12.2 Å². The molecular formula is C8H14N2O. The van der Waals surface area contributed by atoms with Crippen molar-refractivity contribution in [3.8, 4) is 6.07 Å². The molecule has 1 fully saturated rings. The van der Waals surface area contributed by atoms with Crippen LogP contribution in [0.2, 0.25) is 0 Å². The Morgan fingerprint density at radius 2 is 2.18 bits per heavy atom. The highest BCUT2D eigenvalue weighted by molar-refractivity contribution is 4.69. The Bertz CT molecular complexity index is 136. The maximum atomic E-state index is 8.21. The molecular weight excluding hydrogens is 140 g/mol. The lowest BCUT2D eigenvalue weighted by atomic mass is 10.3. The first kappa shape index (κ1) is 8.51. The first-order valence-corrected chi connectivity index (χ1v) is 4.19. The number of nitrogens with one attached hydrogen (secondary N) is 1. The van der Waals surface area contributed by atoms with Crippen LogP contribution in [0.25, 0.3) is 0 Å². The maximum Gasteiger partial charge on any atom is 0.0790 e. The van der Waals surface area contributed by atoms with Crippen molar-refractivity contribution in [2.24, 2.45) is 0 Å². The molecule has 0 unspecified atom stereocenters. The van der Waals surface area contributed by atoms with Crippen LogP contribution in [0, 0.1) is 11.3 Å². The number of nitriles is 1. The molecule has 0 radical (unpaired) electrons. The highest BCUT2D eigenvalue weighted by atomic mass is 16.7. The van der Waals surface area contributed by atoms with Crippen molar-refractivity contribution in [1.82, 2.24) is 5.48 Å². The van der Waals surface area contributed by atoms with E-state index in [9.17, 15) is 0 Å². The molecule has 0 bridgehead atoms. The van der Waals surface area contributed by atoms with Gasteiger partial charge in [-0.2, -0.15) is 5.26 Å². The van der Waals surface area contributed by atoms with E-state index < -0.39 is 0 Å². The summed E-state index contributed by atoms with van der Waals surface area (Å²) in [5, 5.41) is 8.21. The van der Waals surface area contributed by atoms with Gasteiger partial charge in [0.25, 0.3) is 0 Å². The molecule has 1 rings (SSSR count). The van der Waals surface area contributed by atoms with Crippen LogP contribution in [0.15, 0.2) is 0 Å². The summed E-state index contributed by atoms with van der Waals surface area (Å²) in [6.07, 6.45) is 5.81.